The summed E-state index contributed by atoms with van der Waals surface area (Å²) >= 11 is 0. The molecule has 0 aromatic heterocycles. The number of carboxylic acid groups (broad SMARTS) is 1. The number of unbranched alkanes of at least 4 members (excludes halogenated alkanes) is 4. The average molecular weight is 257 g/mol. The van der Waals surface area contributed by atoms with Gasteiger partial charge in [0, 0.05) is 19.6 Å². The number of hydrogen-bond acceptors (Lipinski definition) is 3. The zero-order valence-electron chi connectivity index (χ0n) is 10.8. The highest BCUT2D eigenvalue weighted by atomic mass is 16.5. The third-order valence-electron chi connectivity index (χ3n) is 3.17. The molecule has 1 atom stereocenters. The Labute approximate surface area is 108 Å². The molecule has 0 radical (unpaired) electrons. The Bertz CT molecular complexity index is 262. The van der Waals surface area contributed by atoms with E-state index in [1.807, 2.05) is 0 Å². The van der Waals surface area contributed by atoms with Gasteiger partial charge in [0.25, 0.3) is 0 Å². The van der Waals surface area contributed by atoms with E-state index in [2.05, 4.69) is 5.32 Å². The van der Waals surface area contributed by atoms with Crippen LogP contribution in [0.3, 0.4) is 0 Å². The summed E-state index contributed by atoms with van der Waals surface area (Å²) in [7, 11) is 0. The van der Waals surface area contributed by atoms with Gasteiger partial charge < -0.3 is 15.2 Å². The average Bonchev–Trinajstić information content (AvgIpc) is 2.85. The Morgan fingerprint density at radius 2 is 1.89 bits per heavy atom. The zero-order chi connectivity index (χ0) is 13.2. The van der Waals surface area contributed by atoms with E-state index in [1.165, 1.54) is 0 Å². The predicted octanol–water partition coefficient (Wildman–Crippen LogP) is 1.56. The Morgan fingerprint density at radius 3 is 2.56 bits per heavy atom. The Kier molecular flexibility index (Phi) is 7.41. The molecular formula is C13H23NO4. The van der Waals surface area contributed by atoms with Crippen LogP contribution in [0.25, 0.3) is 0 Å². The maximum absolute atomic E-state index is 11.6. The van der Waals surface area contributed by atoms with E-state index in [0.29, 0.717) is 19.8 Å². The summed E-state index contributed by atoms with van der Waals surface area (Å²) < 4.78 is 5.16. The van der Waals surface area contributed by atoms with E-state index >= 15 is 0 Å². The fourth-order valence-corrected chi connectivity index (χ4v) is 2.03. The van der Waals surface area contributed by atoms with Gasteiger partial charge in [-0.1, -0.05) is 19.3 Å². The molecule has 0 aliphatic carbocycles. The van der Waals surface area contributed by atoms with Crippen molar-refractivity contribution >= 4 is 11.9 Å². The van der Waals surface area contributed by atoms with E-state index in [9.17, 15) is 9.59 Å². The largest absolute Gasteiger partial charge is 0.481 e. The molecule has 1 aliphatic heterocycles. The molecule has 0 saturated carbocycles. The van der Waals surface area contributed by atoms with Gasteiger partial charge in [-0.3, -0.25) is 9.59 Å². The van der Waals surface area contributed by atoms with Crippen LogP contribution in [-0.2, 0) is 14.3 Å². The molecule has 0 aromatic carbocycles. The molecule has 5 nitrogen and oxygen atoms in total. The first-order valence-corrected chi connectivity index (χ1v) is 6.77. The summed E-state index contributed by atoms with van der Waals surface area (Å²) in [5.41, 5.74) is 0. The van der Waals surface area contributed by atoms with Crippen LogP contribution in [0.15, 0.2) is 0 Å². The van der Waals surface area contributed by atoms with Crippen LogP contribution in [0.5, 0.6) is 0 Å². The van der Waals surface area contributed by atoms with Crippen molar-refractivity contribution in [3.8, 4) is 0 Å². The number of carboxylic acids is 1. The first-order valence-electron chi connectivity index (χ1n) is 6.77. The van der Waals surface area contributed by atoms with Gasteiger partial charge in [0.2, 0.25) is 5.91 Å². The lowest BCUT2D eigenvalue weighted by molar-refractivity contribution is -0.137. The highest BCUT2D eigenvalue weighted by Gasteiger charge is 2.22. The number of nitrogens with one attached hydrogen (secondary N) is 1. The van der Waals surface area contributed by atoms with Crippen LogP contribution in [0.4, 0.5) is 0 Å². The van der Waals surface area contributed by atoms with Crippen molar-refractivity contribution in [1.29, 1.82) is 0 Å². The molecule has 104 valence electrons. The molecule has 1 rings (SSSR count). The molecule has 1 fully saturated rings. The normalized spacial score (nSPS) is 18.8. The molecule has 1 saturated heterocycles. The molecule has 5 heteroatoms. The number of carbonyl (C=O) groups is 2. The highest BCUT2D eigenvalue weighted by Crippen LogP contribution is 2.12. The van der Waals surface area contributed by atoms with Crippen molar-refractivity contribution in [3.05, 3.63) is 0 Å². The number of carbonyl (C=O) groups excluding carboxylic acids is 1. The van der Waals surface area contributed by atoms with Crippen molar-refractivity contribution in [3.63, 3.8) is 0 Å². The van der Waals surface area contributed by atoms with Gasteiger partial charge >= 0.3 is 5.97 Å². The molecule has 2 N–H and O–H groups in total. The van der Waals surface area contributed by atoms with Gasteiger partial charge in [-0.15, -0.1) is 0 Å². The van der Waals surface area contributed by atoms with Crippen LogP contribution >= 0.6 is 0 Å². The summed E-state index contributed by atoms with van der Waals surface area (Å²) in [6.45, 7) is 1.97. The number of ether oxygens (including phenoxy) is 1. The maximum atomic E-state index is 11.6. The van der Waals surface area contributed by atoms with E-state index in [1.54, 1.807) is 0 Å². The van der Waals surface area contributed by atoms with Crippen molar-refractivity contribution in [2.45, 2.75) is 44.9 Å². The quantitative estimate of drug-likeness (QED) is 0.615. The monoisotopic (exact) mass is 257 g/mol. The summed E-state index contributed by atoms with van der Waals surface area (Å²) in [6.07, 6.45) is 5.85. The van der Waals surface area contributed by atoms with Crippen LogP contribution in [-0.4, -0.2) is 36.7 Å². The standard InChI is InChI=1S/C13H23NO4/c15-12(16)6-4-2-1-3-5-8-14-13(17)11-7-9-18-10-11/h11H,1-10H2,(H,14,17)(H,15,16). The molecule has 1 heterocycles. The number of rotatable bonds is 9. The Morgan fingerprint density at radius 1 is 1.17 bits per heavy atom. The fraction of sp³-hybridized carbons (Fsp3) is 0.846. The Balaban J connectivity index is 1.86. The topological polar surface area (TPSA) is 75.6 Å². The van der Waals surface area contributed by atoms with Gasteiger partial charge in [-0.2, -0.15) is 0 Å². The van der Waals surface area contributed by atoms with E-state index in [-0.39, 0.29) is 18.2 Å². The lowest BCUT2D eigenvalue weighted by Crippen LogP contribution is -2.31. The minimum Gasteiger partial charge on any atom is -0.481 e. The summed E-state index contributed by atoms with van der Waals surface area (Å²) in [5, 5.41) is 11.4. The molecule has 1 aliphatic rings. The van der Waals surface area contributed by atoms with Crippen molar-refractivity contribution < 1.29 is 19.4 Å². The third kappa shape index (κ3) is 6.59. The van der Waals surface area contributed by atoms with Crippen LogP contribution < -0.4 is 5.32 Å². The molecule has 1 unspecified atom stereocenters. The van der Waals surface area contributed by atoms with E-state index < -0.39 is 5.97 Å². The number of aliphatic carboxylic acids is 1. The number of amides is 1. The van der Waals surface area contributed by atoms with Crippen molar-refractivity contribution in [2.75, 3.05) is 19.8 Å². The smallest absolute Gasteiger partial charge is 0.303 e. The summed E-state index contributed by atoms with van der Waals surface area (Å²) in [6, 6.07) is 0. The van der Waals surface area contributed by atoms with E-state index in [0.717, 1.165) is 38.5 Å². The molecule has 0 aromatic rings. The Hall–Kier alpha value is -1.10. The van der Waals surface area contributed by atoms with E-state index in [4.69, 9.17) is 9.84 Å². The van der Waals surface area contributed by atoms with Gasteiger partial charge in [-0.05, 0) is 19.3 Å². The summed E-state index contributed by atoms with van der Waals surface area (Å²) in [5.74, 6) is -0.569. The van der Waals surface area contributed by atoms with Crippen molar-refractivity contribution in [1.82, 2.24) is 5.32 Å². The minimum absolute atomic E-state index is 0.0422. The first kappa shape index (κ1) is 15.0. The second kappa shape index (κ2) is 8.91. The highest BCUT2D eigenvalue weighted by molar-refractivity contribution is 5.78. The predicted molar refractivity (Wildman–Crippen MR) is 67.3 cm³/mol. The zero-order valence-corrected chi connectivity index (χ0v) is 10.8. The third-order valence-corrected chi connectivity index (χ3v) is 3.17. The van der Waals surface area contributed by atoms with Gasteiger partial charge in [0.05, 0.1) is 12.5 Å². The first-order chi connectivity index (χ1) is 8.70. The molecule has 18 heavy (non-hydrogen) atoms. The molecule has 0 spiro atoms. The fourth-order valence-electron chi connectivity index (χ4n) is 2.03. The lowest BCUT2D eigenvalue weighted by Gasteiger charge is -2.08. The molecule has 0 bridgehead atoms. The SMILES string of the molecule is O=C(O)CCCCCCCNC(=O)C1CCOC1. The lowest BCUT2D eigenvalue weighted by atomic mass is 10.1. The minimum atomic E-state index is -0.721. The van der Waals surface area contributed by atoms with Crippen LogP contribution in [0, 0.1) is 5.92 Å². The maximum Gasteiger partial charge on any atom is 0.303 e. The number of hydrogen-bond donors (Lipinski definition) is 2. The van der Waals surface area contributed by atoms with Gasteiger partial charge in [0.15, 0.2) is 0 Å². The molecule has 1 amide bonds. The van der Waals surface area contributed by atoms with Crippen LogP contribution in [0.1, 0.15) is 44.9 Å². The second-order valence-corrected chi connectivity index (χ2v) is 4.76. The molecular weight excluding hydrogens is 234 g/mol. The second-order valence-electron chi connectivity index (χ2n) is 4.76. The van der Waals surface area contributed by atoms with Gasteiger partial charge in [0.1, 0.15) is 0 Å². The van der Waals surface area contributed by atoms with Gasteiger partial charge in [-0.25, -0.2) is 0 Å². The van der Waals surface area contributed by atoms with Crippen LogP contribution in [0.2, 0.25) is 0 Å². The van der Waals surface area contributed by atoms with Crippen molar-refractivity contribution in [2.24, 2.45) is 5.92 Å². The summed E-state index contributed by atoms with van der Waals surface area (Å²) in [4.78, 5) is 21.9.